The molecule has 0 bridgehead atoms. The van der Waals surface area contributed by atoms with Gasteiger partial charge in [-0.2, -0.15) is 0 Å². The van der Waals surface area contributed by atoms with Gasteiger partial charge in [-0.15, -0.1) is 0 Å². The number of hydrogen-bond donors (Lipinski definition) is 2. The van der Waals surface area contributed by atoms with Gasteiger partial charge in [-0.3, -0.25) is 0 Å². The number of hydrogen-bond acceptors (Lipinski definition) is 10. The molecule has 3 aromatic carbocycles. The number of anilines is 2. The average molecular weight is 749 g/mol. The second kappa shape index (κ2) is 14.9. The molecule has 3 heterocycles. The van der Waals surface area contributed by atoms with Crippen molar-refractivity contribution in [1.29, 1.82) is 0 Å². The summed E-state index contributed by atoms with van der Waals surface area (Å²) in [6, 6.07) is 20.3. The second-order valence-corrected chi connectivity index (χ2v) is 14.4. The maximum Gasteiger partial charge on any atom is 0.196 e. The minimum absolute atomic E-state index is 0.0487. The van der Waals surface area contributed by atoms with Crippen LogP contribution in [0.5, 0.6) is 11.5 Å². The number of fused-ring (bicyclic) bond motifs is 1. The number of benzene rings is 3. The van der Waals surface area contributed by atoms with Gasteiger partial charge in [0.05, 0.1) is 35.2 Å². The zero-order valence-electron chi connectivity index (χ0n) is 26.9. The van der Waals surface area contributed by atoms with Gasteiger partial charge in [-0.1, -0.05) is 25.1 Å². The fourth-order valence-electron chi connectivity index (χ4n) is 5.97. The standard InChI is InChI=1S/C36H35BrFN5O5S/c1-3-33(39-15-17-49(44,45)34-10-4-5-14-40-34)36(13-7-16-48-36)28-20-27-30(21-32(28)46-2)41-23-42-35(27)43-26-11-12-31(29(37)19-26)47-22-24-8-6-9-25(38)18-24/h4-12,14,16,18-21,23,33,39H,3,13,15,17,22H2,1-2H3,(H,41,42,43). The topological polar surface area (TPSA) is 125 Å². The minimum atomic E-state index is -3.58. The third-order valence-electron chi connectivity index (χ3n) is 8.38. The Hall–Kier alpha value is -4.59. The van der Waals surface area contributed by atoms with Crippen molar-refractivity contribution >= 4 is 48.2 Å². The first-order valence-corrected chi connectivity index (χ1v) is 18.1. The number of aromatic nitrogens is 3. The lowest BCUT2D eigenvalue weighted by molar-refractivity contribution is -0.000297. The molecule has 2 atom stereocenters. The summed E-state index contributed by atoms with van der Waals surface area (Å²) in [6.07, 6.45) is 7.76. The molecule has 0 saturated carbocycles. The number of sulfone groups is 1. The number of nitrogens with zero attached hydrogens (tertiary/aromatic N) is 3. The molecule has 0 aliphatic carbocycles. The van der Waals surface area contributed by atoms with Crippen LogP contribution >= 0.6 is 15.9 Å². The van der Waals surface area contributed by atoms with E-state index in [0.717, 1.165) is 22.2 Å². The Morgan fingerprint density at radius 3 is 2.63 bits per heavy atom. The highest BCUT2D eigenvalue weighted by molar-refractivity contribution is 9.10. The molecule has 2 unspecified atom stereocenters. The van der Waals surface area contributed by atoms with Crippen molar-refractivity contribution in [1.82, 2.24) is 20.3 Å². The number of ether oxygens (including phenoxy) is 3. The van der Waals surface area contributed by atoms with Gasteiger partial charge in [0.1, 0.15) is 36.1 Å². The molecule has 5 aromatic rings. The van der Waals surface area contributed by atoms with Crippen LogP contribution in [0.4, 0.5) is 15.9 Å². The van der Waals surface area contributed by atoms with Crippen molar-refractivity contribution in [2.24, 2.45) is 0 Å². The van der Waals surface area contributed by atoms with Crippen LogP contribution in [0.15, 0.2) is 107 Å². The highest BCUT2D eigenvalue weighted by atomic mass is 79.9. The van der Waals surface area contributed by atoms with E-state index >= 15 is 0 Å². The first-order chi connectivity index (χ1) is 23.7. The van der Waals surface area contributed by atoms with Crippen LogP contribution in [0.3, 0.4) is 0 Å². The van der Waals surface area contributed by atoms with E-state index in [1.54, 1.807) is 37.6 Å². The third-order valence-corrected chi connectivity index (χ3v) is 10.6. The maximum absolute atomic E-state index is 13.6. The smallest absolute Gasteiger partial charge is 0.196 e. The Morgan fingerprint density at radius 1 is 1.04 bits per heavy atom. The normalized spacial score (nSPS) is 16.3. The molecule has 0 fully saturated rings. The molecule has 49 heavy (non-hydrogen) atoms. The van der Waals surface area contributed by atoms with Crippen molar-refractivity contribution in [3.63, 3.8) is 0 Å². The molecule has 254 valence electrons. The summed E-state index contributed by atoms with van der Waals surface area (Å²) in [5.74, 6) is 1.33. The molecular formula is C36H35BrFN5O5S. The fourth-order valence-corrected chi connectivity index (χ4v) is 7.57. The summed E-state index contributed by atoms with van der Waals surface area (Å²) in [6.45, 7) is 2.45. The van der Waals surface area contributed by atoms with Gasteiger partial charge in [-0.25, -0.2) is 27.8 Å². The Bertz CT molecular complexity index is 2080. The number of rotatable bonds is 14. The van der Waals surface area contributed by atoms with E-state index in [1.165, 1.54) is 30.7 Å². The highest BCUT2D eigenvalue weighted by Gasteiger charge is 2.45. The third kappa shape index (κ3) is 7.53. The van der Waals surface area contributed by atoms with E-state index in [1.807, 2.05) is 43.3 Å². The first-order valence-electron chi connectivity index (χ1n) is 15.7. The molecule has 0 amide bonds. The van der Waals surface area contributed by atoms with Gasteiger partial charge < -0.3 is 24.8 Å². The van der Waals surface area contributed by atoms with Crippen molar-refractivity contribution in [3.05, 3.63) is 119 Å². The minimum Gasteiger partial charge on any atom is -0.496 e. The van der Waals surface area contributed by atoms with Gasteiger partial charge >= 0.3 is 0 Å². The Kier molecular flexibility index (Phi) is 10.4. The zero-order valence-corrected chi connectivity index (χ0v) is 29.3. The summed E-state index contributed by atoms with van der Waals surface area (Å²) < 4.78 is 58.4. The largest absolute Gasteiger partial charge is 0.496 e. The molecule has 2 aromatic heterocycles. The lowest BCUT2D eigenvalue weighted by Crippen LogP contribution is -2.49. The second-order valence-electron chi connectivity index (χ2n) is 11.5. The fraction of sp³-hybridized carbons (Fsp3) is 0.250. The SMILES string of the molecule is CCC(NCCS(=O)(=O)c1ccccn1)C1(c2cc3c(Nc4ccc(OCc5cccc(F)c5)c(Br)c4)ncnc3cc2OC)CC=CO1. The van der Waals surface area contributed by atoms with E-state index in [2.05, 4.69) is 41.5 Å². The maximum atomic E-state index is 13.6. The van der Waals surface area contributed by atoms with Crippen LogP contribution in [0.25, 0.3) is 10.9 Å². The molecule has 0 radical (unpaired) electrons. The summed E-state index contributed by atoms with van der Waals surface area (Å²) in [5, 5.41) is 7.65. The molecule has 13 heteroatoms. The van der Waals surface area contributed by atoms with Gasteiger partial charge in [-0.05, 0) is 82.5 Å². The monoisotopic (exact) mass is 747 g/mol. The lowest BCUT2D eigenvalue weighted by Gasteiger charge is -2.38. The Labute approximate surface area is 292 Å². The van der Waals surface area contributed by atoms with Crippen molar-refractivity contribution in [2.45, 2.75) is 43.0 Å². The number of nitrogens with one attached hydrogen (secondary N) is 2. The van der Waals surface area contributed by atoms with Crippen molar-refractivity contribution in [2.75, 3.05) is 24.7 Å². The van der Waals surface area contributed by atoms with Gasteiger partial charge in [0.25, 0.3) is 0 Å². The lowest BCUT2D eigenvalue weighted by atomic mass is 9.81. The van der Waals surface area contributed by atoms with Crippen LogP contribution in [-0.2, 0) is 26.8 Å². The van der Waals surface area contributed by atoms with Crippen LogP contribution < -0.4 is 20.1 Å². The zero-order chi connectivity index (χ0) is 34.4. The van der Waals surface area contributed by atoms with E-state index in [-0.39, 0.29) is 35.8 Å². The van der Waals surface area contributed by atoms with Crippen LogP contribution in [0, 0.1) is 5.82 Å². The molecule has 1 aliphatic rings. The van der Waals surface area contributed by atoms with Crippen LogP contribution in [0.1, 0.15) is 30.9 Å². The quantitative estimate of drug-likeness (QED) is 0.120. The summed E-state index contributed by atoms with van der Waals surface area (Å²) in [4.78, 5) is 13.1. The molecule has 6 rings (SSSR count). The van der Waals surface area contributed by atoms with Crippen molar-refractivity contribution in [3.8, 4) is 11.5 Å². The predicted octanol–water partition coefficient (Wildman–Crippen LogP) is 7.23. The van der Waals surface area contributed by atoms with E-state index in [9.17, 15) is 12.8 Å². The van der Waals surface area contributed by atoms with E-state index in [0.29, 0.717) is 40.1 Å². The summed E-state index contributed by atoms with van der Waals surface area (Å²) in [5.41, 5.74) is 2.02. The Balaban J connectivity index is 1.26. The molecule has 1 aliphatic heterocycles. The summed E-state index contributed by atoms with van der Waals surface area (Å²) >= 11 is 3.59. The number of methoxy groups -OCH3 is 1. The molecule has 10 nitrogen and oxygen atoms in total. The molecule has 0 saturated heterocycles. The van der Waals surface area contributed by atoms with Gasteiger partial charge in [0.2, 0.25) is 0 Å². The van der Waals surface area contributed by atoms with Gasteiger partial charge in [0, 0.05) is 41.9 Å². The van der Waals surface area contributed by atoms with Crippen molar-refractivity contribution < 1.29 is 27.0 Å². The highest BCUT2D eigenvalue weighted by Crippen LogP contribution is 2.45. The number of halogens is 2. The number of pyridine rings is 1. The van der Waals surface area contributed by atoms with Crippen LogP contribution in [0.2, 0.25) is 0 Å². The first kappa shape index (κ1) is 34.3. The van der Waals surface area contributed by atoms with E-state index in [4.69, 9.17) is 14.2 Å². The average Bonchev–Trinajstić information content (AvgIpc) is 3.60. The van der Waals surface area contributed by atoms with Gasteiger partial charge in [0.15, 0.2) is 20.5 Å². The van der Waals surface area contributed by atoms with E-state index < -0.39 is 15.4 Å². The van der Waals surface area contributed by atoms with Crippen LogP contribution in [-0.4, -0.2) is 48.8 Å². The predicted molar refractivity (Wildman–Crippen MR) is 189 cm³/mol. The Morgan fingerprint density at radius 2 is 1.92 bits per heavy atom. The molecule has 0 spiro atoms. The molecule has 2 N–H and O–H groups in total. The summed E-state index contributed by atoms with van der Waals surface area (Å²) in [7, 11) is -1.98. The molecular weight excluding hydrogens is 713 g/mol.